The van der Waals surface area contributed by atoms with Crippen LogP contribution in [0.1, 0.15) is 38.2 Å². The second-order valence-electron chi connectivity index (χ2n) is 4.80. The van der Waals surface area contributed by atoms with Gasteiger partial charge in [0, 0.05) is 23.5 Å². The van der Waals surface area contributed by atoms with Crippen LogP contribution in [0.4, 0.5) is 0 Å². The predicted molar refractivity (Wildman–Crippen MR) is 72.8 cm³/mol. The molecule has 1 N–H and O–H groups in total. The smallest absolute Gasteiger partial charge is 0.0175 e. The summed E-state index contributed by atoms with van der Waals surface area (Å²) in [6.45, 7) is 6.94. The van der Waals surface area contributed by atoms with Gasteiger partial charge in [0.1, 0.15) is 0 Å². The van der Waals surface area contributed by atoms with Gasteiger partial charge >= 0.3 is 0 Å². The van der Waals surface area contributed by atoms with E-state index in [-0.39, 0.29) is 0 Å². The van der Waals surface area contributed by atoms with E-state index >= 15 is 0 Å². The first kappa shape index (κ1) is 12.1. The molecule has 1 heterocycles. The van der Waals surface area contributed by atoms with Crippen molar-refractivity contribution in [3.63, 3.8) is 0 Å². The third kappa shape index (κ3) is 2.05. The SMILES string of the molecule is CCC1(CC)CNC[C@@H]1c1ccc(Br)cc1. The summed E-state index contributed by atoms with van der Waals surface area (Å²) < 4.78 is 1.17. The molecule has 1 aromatic rings. The molecule has 1 saturated heterocycles. The Morgan fingerprint density at radius 3 is 2.44 bits per heavy atom. The summed E-state index contributed by atoms with van der Waals surface area (Å²) in [5.74, 6) is 0.676. The van der Waals surface area contributed by atoms with Crippen LogP contribution in [0.15, 0.2) is 28.7 Å². The number of halogens is 1. The molecule has 88 valence electrons. The van der Waals surface area contributed by atoms with Gasteiger partial charge in [-0.2, -0.15) is 0 Å². The minimum atomic E-state index is 0.466. The normalized spacial score (nSPS) is 23.6. The van der Waals surface area contributed by atoms with Crippen LogP contribution in [0.5, 0.6) is 0 Å². The summed E-state index contributed by atoms with van der Waals surface area (Å²) in [5, 5.41) is 3.57. The van der Waals surface area contributed by atoms with Crippen molar-refractivity contribution in [3.8, 4) is 0 Å². The molecule has 2 heteroatoms. The Hall–Kier alpha value is -0.340. The van der Waals surface area contributed by atoms with Crippen LogP contribution in [0, 0.1) is 5.41 Å². The van der Waals surface area contributed by atoms with E-state index in [1.54, 1.807) is 0 Å². The molecule has 0 amide bonds. The van der Waals surface area contributed by atoms with E-state index in [9.17, 15) is 0 Å². The van der Waals surface area contributed by atoms with Gasteiger partial charge in [-0.3, -0.25) is 0 Å². The average molecular weight is 282 g/mol. The molecule has 0 unspecified atom stereocenters. The Morgan fingerprint density at radius 2 is 1.88 bits per heavy atom. The van der Waals surface area contributed by atoms with Crippen LogP contribution < -0.4 is 5.32 Å². The summed E-state index contributed by atoms with van der Waals surface area (Å²) in [4.78, 5) is 0. The van der Waals surface area contributed by atoms with Crippen LogP contribution in [0.3, 0.4) is 0 Å². The predicted octanol–water partition coefficient (Wildman–Crippen LogP) is 3.94. The van der Waals surface area contributed by atoms with Gasteiger partial charge in [0.25, 0.3) is 0 Å². The molecule has 1 aliphatic heterocycles. The van der Waals surface area contributed by atoms with Gasteiger partial charge in [0.05, 0.1) is 0 Å². The van der Waals surface area contributed by atoms with Crippen LogP contribution in [0.25, 0.3) is 0 Å². The number of hydrogen-bond donors (Lipinski definition) is 1. The fourth-order valence-electron chi connectivity index (χ4n) is 2.96. The zero-order chi connectivity index (χ0) is 11.6. The van der Waals surface area contributed by atoms with Gasteiger partial charge in [-0.1, -0.05) is 41.9 Å². The van der Waals surface area contributed by atoms with Crippen molar-refractivity contribution < 1.29 is 0 Å². The van der Waals surface area contributed by atoms with Crippen molar-refractivity contribution in [1.82, 2.24) is 5.32 Å². The van der Waals surface area contributed by atoms with Gasteiger partial charge < -0.3 is 5.32 Å². The first-order valence-corrected chi connectivity index (χ1v) is 6.97. The lowest BCUT2D eigenvalue weighted by Gasteiger charge is -2.33. The second-order valence-corrected chi connectivity index (χ2v) is 5.72. The third-order valence-corrected chi connectivity index (χ3v) is 4.77. The molecule has 1 fully saturated rings. The van der Waals surface area contributed by atoms with E-state index in [4.69, 9.17) is 0 Å². The van der Waals surface area contributed by atoms with E-state index in [1.165, 1.54) is 29.4 Å². The molecule has 1 atom stereocenters. The topological polar surface area (TPSA) is 12.0 Å². The first-order valence-electron chi connectivity index (χ1n) is 6.18. The van der Waals surface area contributed by atoms with Crippen molar-refractivity contribution in [2.45, 2.75) is 32.6 Å². The zero-order valence-corrected chi connectivity index (χ0v) is 11.7. The highest BCUT2D eigenvalue weighted by Crippen LogP contribution is 2.44. The molecule has 2 rings (SSSR count). The van der Waals surface area contributed by atoms with E-state index in [1.807, 2.05) is 0 Å². The summed E-state index contributed by atoms with van der Waals surface area (Å²) in [6, 6.07) is 8.84. The summed E-state index contributed by atoms with van der Waals surface area (Å²) in [7, 11) is 0. The summed E-state index contributed by atoms with van der Waals surface area (Å²) in [6.07, 6.45) is 2.52. The fraction of sp³-hybridized carbons (Fsp3) is 0.571. The number of rotatable bonds is 3. The second kappa shape index (κ2) is 4.89. The minimum Gasteiger partial charge on any atom is -0.316 e. The number of nitrogens with one attached hydrogen (secondary N) is 1. The largest absolute Gasteiger partial charge is 0.316 e. The van der Waals surface area contributed by atoms with Gasteiger partial charge in [0.15, 0.2) is 0 Å². The number of benzene rings is 1. The molecule has 0 radical (unpaired) electrons. The first-order chi connectivity index (χ1) is 7.72. The highest BCUT2D eigenvalue weighted by atomic mass is 79.9. The van der Waals surface area contributed by atoms with E-state index in [2.05, 4.69) is 59.4 Å². The molecule has 1 aromatic carbocycles. The zero-order valence-electron chi connectivity index (χ0n) is 10.1. The van der Waals surface area contributed by atoms with Crippen LogP contribution >= 0.6 is 15.9 Å². The Morgan fingerprint density at radius 1 is 1.25 bits per heavy atom. The third-order valence-electron chi connectivity index (χ3n) is 4.25. The highest BCUT2D eigenvalue weighted by molar-refractivity contribution is 9.10. The average Bonchev–Trinajstić information content (AvgIpc) is 2.74. The molecule has 0 spiro atoms. The molecule has 1 aliphatic rings. The van der Waals surface area contributed by atoms with Crippen molar-refractivity contribution in [2.75, 3.05) is 13.1 Å². The Balaban J connectivity index is 2.29. The molecular weight excluding hydrogens is 262 g/mol. The minimum absolute atomic E-state index is 0.466. The lowest BCUT2D eigenvalue weighted by atomic mass is 9.71. The van der Waals surface area contributed by atoms with E-state index in [0.717, 1.165) is 6.54 Å². The van der Waals surface area contributed by atoms with E-state index in [0.29, 0.717) is 11.3 Å². The Bertz CT molecular complexity index is 340. The van der Waals surface area contributed by atoms with Crippen molar-refractivity contribution in [2.24, 2.45) is 5.41 Å². The lowest BCUT2D eigenvalue weighted by Crippen LogP contribution is -2.27. The molecule has 0 aliphatic carbocycles. The molecule has 1 nitrogen and oxygen atoms in total. The van der Waals surface area contributed by atoms with Crippen LogP contribution in [-0.2, 0) is 0 Å². The Labute approximate surface area is 107 Å². The maximum Gasteiger partial charge on any atom is 0.0175 e. The molecule has 0 bridgehead atoms. The summed E-state index contributed by atoms with van der Waals surface area (Å²) in [5.41, 5.74) is 1.95. The van der Waals surface area contributed by atoms with Gasteiger partial charge in [-0.15, -0.1) is 0 Å². The highest BCUT2D eigenvalue weighted by Gasteiger charge is 2.40. The standard InChI is InChI=1S/C14H20BrN/c1-3-14(4-2)10-16-9-13(14)11-5-7-12(15)8-6-11/h5-8,13,16H,3-4,9-10H2,1-2H3/t13-/m1/s1. The quantitative estimate of drug-likeness (QED) is 0.885. The van der Waals surface area contributed by atoms with Gasteiger partial charge in [-0.25, -0.2) is 0 Å². The molecule has 0 aromatic heterocycles. The van der Waals surface area contributed by atoms with Crippen molar-refractivity contribution >= 4 is 15.9 Å². The molecular formula is C14H20BrN. The van der Waals surface area contributed by atoms with E-state index < -0.39 is 0 Å². The summed E-state index contributed by atoms with van der Waals surface area (Å²) >= 11 is 3.50. The monoisotopic (exact) mass is 281 g/mol. The Kier molecular flexibility index (Phi) is 3.70. The fourth-order valence-corrected chi connectivity index (χ4v) is 3.23. The molecule has 0 saturated carbocycles. The van der Waals surface area contributed by atoms with Crippen LogP contribution in [0.2, 0.25) is 0 Å². The van der Waals surface area contributed by atoms with Crippen LogP contribution in [-0.4, -0.2) is 13.1 Å². The van der Waals surface area contributed by atoms with Gasteiger partial charge in [0.2, 0.25) is 0 Å². The lowest BCUT2D eigenvalue weighted by molar-refractivity contribution is 0.260. The van der Waals surface area contributed by atoms with Crippen molar-refractivity contribution in [1.29, 1.82) is 0 Å². The molecule has 16 heavy (non-hydrogen) atoms. The number of hydrogen-bond acceptors (Lipinski definition) is 1. The van der Waals surface area contributed by atoms with Gasteiger partial charge in [-0.05, 0) is 36.0 Å². The van der Waals surface area contributed by atoms with Crippen molar-refractivity contribution in [3.05, 3.63) is 34.3 Å². The maximum absolute atomic E-state index is 3.57. The maximum atomic E-state index is 3.57.